The number of halogens is 1. The largest absolute Gasteiger partial charge is 0.314 e. The fraction of sp³-hybridized carbons (Fsp3) is 0.500. The van der Waals surface area contributed by atoms with Crippen LogP contribution in [0.3, 0.4) is 0 Å². The Hall–Kier alpha value is -0.900. The van der Waals surface area contributed by atoms with E-state index in [2.05, 4.69) is 34.8 Å². The number of aromatic nitrogens is 1. The number of piperazine rings is 1. The smallest absolute Gasteiger partial charge is 0.129 e. The van der Waals surface area contributed by atoms with Crippen molar-refractivity contribution < 1.29 is 0 Å². The number of hydrogen-bond donors (Lipinski definition) is 1. The van der Waals surface area contributed by atoms with Gasteiger partial charge in [-0.15, -0.1) is 6.58 Å². The van der Waals surface area contributed by atoms with Gasteiger partial charge in [0.15, 0.2) is 0 Å². The molecule has 98 valence electrons. The molecule has 0 unspecified atom stereocenters. The quantitative estimate of drug-likeness (QED) is 0.670. The van der Waals surface area contributed by atoms with E-state index < -0.39 is 0 Å². The molecule has 1 aromatic rings. The summed E-state index contributed by atoms with van der Waals surface area (Å²) in [7, 11) is 0. The normalized spacial score (nSPS) is 18.6. The second kappa shape index (κ2) is 6.32. The maximum Gasteiger partial charge on any atom is 0.129 e. The molecule has 2 rings (SSSR count). The Balaban J connectivity index is 2.17. The van der Waals surface area contributed by atoms with Crippen molar-refractivity contribution in [1.29, 1.82) is 0 Å². The van der Waals surface area contributed by atoms with Gasteiger partial charge in [0.2, 0.25) is 0 Å². The number of nitrogens with one attached hydrogen (secondary N) is 1. The molecule has 1 fully saturated rings. The number of nitrogens with zero attached hydrogens (tertiary/aromatic N) is 2. The van der Waals surface area contributed by atoms with E-state index in [0.717, 1.165) is 32.6 Å². The molecule has 1 N–H and O–H groups in total. The van der Waals surface area contributed by atoms with E-state index in [1.165, 1.54) is 11.1 Å². The molecule has 2 heterocycles. The van der Waals surface area contributed by atoms with Crippen molar-refractivity contribution in [3.63, 3.8) is 0 Å². The van der Waals surface area contributed by atoms with Crippen LogP contribution < -0.4 is 5.32 Å². The highest BCUT2D eigenvalue weighted by molar-refractivity contribution is 6.29. The first kappa shape index (κ1) is 13.5. The monoisotopic (exact) mass is 265 g/mol. The average molecular weight is 266 g/mol. The molecular formula is C14H20ClN3. The van der Waals surface area contributed by atoms with Gasteiger partial charge in [0.1, 0.15) is 5.15 Å². The van der Waals surface area contributed by atoms with Crippen LogP contribution in [0.2, 0.25) is 5.15 Å². The molecule has 18 heavy (non-hydrogen) atoms. The molecule has 0 aromatic carbocycles. The van der Waals surface area contributed by atoms with E-state index in [-0.39, 0.29) is 0 Å². The maximum absolute atomic E-state index is 5.86. The van der Waals surface area contributed by atoms with E-state index in [0.29, 0.717) is 11.2 Å². The van der Waals surface area contributed by atoms with Gasteiger partial charge in [-0.2, -0.15) is 0 Å². The Morgan fingerprint density at radius 3 is 2.78 bits per heavy atom. The Morgan fingerprint density at radius 2 is 2.22 bits per heavy atom. The summed E-state index contributed by atoms with van der Waals surface area (Å²) in [6, 6.07) is 4.31. The zero-order chi connectivity index (χ0) is 13.0. The molecule has 4 heteroatoms. The zero-order valence-electron chi connectivity index (χ0n) is 10.8. The average Bonchev–Trinajstić information content (AvgIpc) is 2.38. The van der Waals surface area contributed by atoms with Crippen LogP contribution in [0.15, 0.2) is 30.5 Å². The molecule has 1 aliphatic rings. The number of pyridine rings is 1. The minimum Gasteiger partial charge on any atom is -0.314 e. The molecule has 0 spiro atoms. The van der Waals surface area contributed by atoms with Gasteiger partial charge in [-0.3, -0.25) is 4.90 Å². The lowest BCUT2D eigenvalue weighted by molar-refractivity contribution is 0.172. The van der Waals surface area contributed by atoms with Gasteiger partial charge < -0.3 is 5.32 Å². The minimum absolute atomic E-state index is 0.370. The van der Waals surface area contributed by atoms with Gasteiger partial charge >= 0.3 is 0 Å². The van der Waals surface area contributed by atoms with Gasteiger partial charge in [-0.25, -0.2) is 4.98 Å². The molecule has 0 amide bonds. The third-order valence-electron chi connectivity index (χ3n) is 3.27. The summed E-state index contributed by atoms with van der Waals surface area (Å²) in [6.45, 7) is 10.4. The highest BCUT2D eigenvalue weighted by atomic mass is 35.5. The lowest BCUT2D eigenvalue weighted by atomic mass is 9.99. The first-order chi connectivity index (χ1) is 8.66. The predicted molar refractivity (Wildman–Crippen MR) is 75.9 cm³/mol. The summed E-state index contributed by atoms with van der Waals surface area (Å²) >= 11 is 5.86. The molecule has 0 radical (unpaired) electrons. The van der Waals surface area contributed by atoms with E-state index in [9.17, 15) is 0 Å². The second-order valence-electron chi connectivity index (χ2n) is 4.88. The summed E-state index contributed by atoms with van der Waals surface area (Å²) in [5.74, 6) is 0. The van der Waals surface area contributed by atoms with Gasteiger partial charge in [0, 0.05) is 38.4 Å². The molecule has 1 aromatic heterocycles. The summed E-state index contributed by atoms with van der Waals surface area (Å²) in [4.78, 5) is 6.69. The lowest BCUT2D eigenvalue weighted by Crippen LogP contribution is -2.45. The SMILES string of the molecule is C=C(C)C[C@H](c1ccc(Cl)nc1)N1CCNCC1. The van der Waals surface area contributed by atoms with E-state index in [4.69, 9.17) is 11.6 Å². The lowest BCUT2D eigenvalue weighted by Gasteiger charge is -2.35. The first-order valence-electron chi connectivity index (χ1n) is 6.37. The third kappa shape index (κ3) is 3.55. The summed E-state index contributed by atoms with van der Waals surface area (Å²) < 4.78 is 0. The highest BCUT2D eigenvalue weighted by Gasteiger charge is 2.22. The van der Waals surface area contributed by atoms with Gasteiger partial charge in [0.25, 0.3) is 0 Å². The van der Waals surface area contributed by atoms with Gasteiger partial charge in [-0.1, -0.05) is 23.2 Å². The van der Waals surface area contributed by atoms with E-state index in [1.54, 1.807) is 0 Å². The topological polar surface area (TPSA) is 28.2 Å². The van der Waals surface area contributed by atoms with Crippen molar-refractivity contribution in [3.8, 4) is 0 Å². The van der Waals surface area contributed by atoms with Gasteiger partial charge in [0.05, 0.1) is 0 Å². The van der Waals surface area contributed by atoms with Crippen LogP contribution in [0.25, 0.3) is 0 Å². The van der Waals surface area contributed by atoms with Crippen LogP contribution in [-0.2, 0) is 0 Å². The summed E-state index contributed by atoms with van der Waals surface area (Å²) in [6.07, 6.45) is 2.86. The molecule has 3 nitrogen and oxygen atoms in total. The standard InChI is InChI=1S/C14H20ClN3/c1-11(2)9-13(18-7-5-16-6-8-18)12-3-4-14(15)17-10-12/h3-4,10,13,16H,1,5-9H2,2H3/t13-/m1/s1. The van der Waals surface area contributed by atoms with Crippen LogP contribution in [0, 0.1) is 0 Å². The van der Waals surface area contributed by atoms with E-state index >= 15 is 0 Å². The Morgan fingerprint density at radius 1 is 1.50 bits per heavy atom. The number of hydrogen-bond acceptors (Lipinski definition) is 3. The van der Waals surface area contributed by atoms with Crippen molar-refractivity contribution in [2.24, 2.45) is 0 Å². The van der Waals surface area contributed by atoms with Crippen LogP contribution in [0.1, 0.15) is 24.9 Å². The molecule has 0 aliphatic carbocycles. The van der Waals surface area contributed by atoms with Crippen LogP contribution >= 0.6 is 11.6 Å². The van der Waals surface area contributed by atoms with Crippen molar-refractivity contribution >= 4 is 11.6 Å². The Labute approximate surface area is 114 Å². The predicted octanol–water partition coefficient (Wildman–Crippen LogP) is 2.65. The zero-order valence-corrected chi connectivity index (χ0v) is 11.6. The van der Waals surface area contributed by atoms with Gasteiger partial charge in [-0.05, 0) is 25.0 Å². The fourth-order valence-corrected chi connectivity index (χ4v) is 2.48. The summed E-state index contributed by atoms with van der Waals surface area (Å²) in [5, 5.41) is 3.93. The molecule has 1 aliphatic heterocycles. The maximum atomic E-state index is 5.86. The van der Waals surface area contributed by atoms with Crippen LogP contribution in [0.4, 0.5) is 0 Å². The third-order valence-corrected chi connectivity index (χ3v) is 3.49. The molecule has 1 saturated heterocycles. The van der Waals surface area contributed by atoms with E-state index in [1.807, 2.05) is 12.3 Å². The van der Waals surface area contributed by atoms with Crippen molar-refractivity contribution in [3.05, 3.63) is 41.2 Å². The molecular weight excluding hydrogens is 246 g/mol. The fourth-order valence-electron chi connectivity index (χ4n) is 2.37. The first-order valence-corrected chi connectivity index (χ1v) is 6.75. The van der Waals surface area contributed by atoms with Crippen molar-refractivity contribution in [1.82, 2.24) is 15.2 Å². The highest BCUT2D eigenvalue weighted by Crippen LogP contribution is 2.27. The Kier molecular flexibility index (Phi) is 4.75. The molecule has 0 saturated carbocycles. The van der Waals surface area contributed by atoms with Crippen LogP contribution in [-0.4, -0.2) is 36.1 Å². The minimum atomic E-state index is 0.370. The number of rotatable bonds is 4. The summed E-state index contributed by atoms with van der Waals surface area (Å²) in [5.41, 5.74) is 2.43. The molecule has 1 atom stereocenters. The second-order valence-corrected chi connectivity index (χ2v) is 5.26. The van der Waals surface area contributed by atoms with Crippen LogP contribution in [0.5, 0.6) is 0 Å². The van der Waals surface area contributed by atoms with Crippen molar-refractivity contribution in [2.75, 3.05) is 26.2 Å². The Bertz CT molecular complexity index is 396. The molecule has 0 bridgehead atoms. The van der Waals surface area contributed by atoms with Crippen molar-refractivity contribution in [2.45, 2.75) is 19.4 Å².